The van der Waals surface area contributed by atoms with E-state index in [9.17, 15) is 19.2 Å². The number of benzene rings is 1. The lowest BCUT2D eigenvalue weighted by atomic mass is 9.84. The van der Waals surface area contributed by atoms with Crippen molar-refractivity contribution in [2.24, 2.45) is 5.41 Å². The number of carbonyl (C=O) groups is 4. The molecule has 2 aliphatic heterocycles. The van der Waals surface area contributed by atoms with E-state index < -0.39 is 11.5 Å². The van der Waals surface area contributed by atoms with Crippen molar-refractivity contribution in [1.29, 1.82) is 0 Å². The molecule has 1 unspecified atom stereocenters. The monoisotopic (exact) mass is 427 g/mol. The van der Waals surface area contributed by atoms with Crippen LogP contribution in [0.4, 0.5) is 0 Å². The molecule has 7 nitrogen and oxygen atoms in total. The van der Waals surface area contributed by atoms with Gasteiger partial charge in [0.15, 0.2) is 11.6 Å². The Kier molecular flexibility index (Phi) is 7.59. The maximum atomic E-state index is 13.0. The van der Waals surface area contributed by atoms with Gasteiger partial charge in [-0.15, -0.1) is 0 Å². The van der Waals surface area contributed by atoms with Crippen molar-refractivity contribution in [3.8, 4) is 0 Å². The summed E-state index contributed by atoms with van der Waals surface area (Å²) in [6.07, 6.45) is 3.52. The zero-order valence-electron chi connectivity index (χ0n) is 18.5. The average Bonchev–Trinajstić information content (AvgIpc) is 3.44. The highest BCUT2D eigenvalue weighted by Gasteiger charge is 2.40. The summed E-state index contributed by atoms with van der Waals surface area (Å²) < 4.78 is 0. The van der Waals surface area contributed by atoms with Gasteiger partial charge in [-0.2, -0.15) is 0 Å². The number of nitrogens with zero attached hydrogens (tertiary/aromatic N) is 1. The van der Waals surface area contributed by atoms with Gasteiger partial charge in [0.25, 0.3) is 0 Å². The van der Waals surface area contributed by atoms with Crippen LogP contribution >= 0.6 is 0 Å². The van der Waals surface area contributed by atoms with Crippen LogP contribution in [0.3, 0.4) is 0 Å². The SMILES string of the molecule is CC(C)(CC(=O)C1CCCN1C(=O)[C@@H]1CCCN1)C(=O)NCC(=O)Cc1ccccc1. The third kappa shape index (κ3) is 6.00. The maximum Gasteiger partial charge on any atom is 0.240 e. The molecule has 2 aliphatic rings. The number of rotatable bonds is 9. The van der Waals surface area contributed by atoms with Crippen molar-refractivity contribution in [2.45, 2.75) is 64.5 Å². The molecule has 0 spiro atoms. The van der Waals surface area contributed by atoms with Crippen molar-refractivity contribution in [2.75, 3.05) is 19.6 Å². The van der Waals surface area contributed by atoms with Crippen LogP contribution in [-0.4, -0.2) is 60.0 Å². The van der Waals surface area contributed by atoms with Crippen molar-refractivity contribution in [3.05, 3.63) is 35.9 Å². The highest BCUT2D eigenvalue weighted by atomic mass is 16.2. The van der Waals surface area contributed by atoms with Crippen LogP contribution in [0.2, 0.25) is 0 Å². The van der Waals surface area contributed by atoms with Crippen molar-refractivity contribution in [3.63, 3.8) is 0 Å². The second kappa shape index (κ2) is 10.2. The average molecular weight is 428 g/mol. The molecule has 1 aromatic rings. The smallest absolute Gasteiger partial charge is 0.240 e. The lowest BCUT2D eigenvalue weighted by molar-refractivity contribution is -0.141. The molecule has 0 saturated carbocycles. The Balaban J connectivity index is 1.51. The number of likely N-dealkylation sites (tertiary alicyclic amines) is 1. The van der Waals surface area contributed by atoms with Gasteiger partial charge in [-0.3, -0.25) is 19.2 Å². The van der Waals surface area contributed by atoms with Crippen molar-refractivity contribution >= 4 is 23.4 Å². The molecule has 168 valence electrons. The molecule has 31 heavy (non-hydrogen) atoms. The van der Waals surface area contributed by atoms with E-state index >= 15 is 0 Å². The topological polar surface area (TPSA) is 95.6 Å². The molecule has 2 N–H and O–H groups in total. The molecule has 7 heteroatoms. The van der Waals surface area contributed by atoms with E-state index in [4.69, 9.17) is 0 Å². The van der Waals surface area contributed by atoms with Crippen LogP contribution in [0.25, 0.3) is 0 Å². The number of ketones is 2. The van der Waals surface area contributed by atoms with Gasteiger partial charge in [0, 0.05) is 19.4 Å². The minimum atomic E-state index is -0.951. The highest BCUT2D eigenvalue weighted by Crippen LogP contribution is 2.28. The second-order valence-corrected chi connectivity index (χ2v) is 9.25. The highest BCUT2D eigenvalue weighted by molar-refractivity contribution is 5.96. The number of nitrogens with one attached hydrogen (secondary N) is 2. The predicted molar refractivity (Wildman–Crippen MR) is 117 cm³/mol. The fourth-order valence-corrected chi connectivity index (χ4v) is 4.40. The van der Waals surface area contributed by atoms with Gasteiger partial charge in [0.2, 0.25) is 11.8 Å². The quantitative estimate of drug-likeness (QED) is 0.625. The molecule has 0 aliphatic carbocycles. The lowest BCUT2D eigenvalue weighted by Gasteiger charge is -2.29. The van der Waals surface area contributed by atoms with Crippen LogP contribution in [0.5, 0.6) is 0 Å². The summed E-state index contributed by atoms with van der Waals surface area (Å²) in [6, 6.07) is 8.72. The number of Topliss-reactive ketones (excluding diaryl/α,β-unsaturated/α-hetero) is 2. The van der Waals surface area contributed by atoms with Crippen molar-refractivity contribution < 1.29 is 19.2 Å². The first-order chi connectivity index (χ1) is 14.8. The summed E-state index contributed by atoms with van der Waals surface area (Å²) in [6.45, 7) is 4.78. The molecule has 2 fully saturated rings. The van der Waals surface area contributed by atoms with Crippen LogP contribution in [0.15, 0.2) is 30.3 Å². The molecular weight excluding hydrogens is 394 g/mol. The van der Waals surface area contributed by atoms with Gasteiger partial charge in [-0.25, -0.2) is 0 Å². The van der Waals surface area contributed by atoms with Gasteiger partial charge in [0.1, 0.15) is 0 Å². The molecule has 0 bridgehead atoms. The second-order valence-electron chi connectivity index (χ2n) is 9.25. The summed E-state index contributed by atoms with van der Waals surface area (Å²) in [5, 5.41) is 5.89. The van der Waals surface area contributed by atoms with E-state index in [-0.39, 0.29) is 48.8 Å². The van der Waals surface area contributed by atoms with E-state index in [0.29, 0.717) is 13.0 Å². The Hall–Kier alpha value is -2.54. The number of carbonyl (C=O) groups excluding carboxylic acids is 4. The minimum absolute atomic E-state index is 0.00196. The van der Waals surface area contributed by atoms with Gasteiger partial charge >= 0.3 is 0 Å². The Bertz CT molecular complexity index is 815. The Morgan fingerprint density at radius 2 is 1.84 bits per heavy atom. The molecule has 0 aromatic heterocycles. The summed E-state index contributed by atoms with van der Waals surface area (Å²) >= 11 is 0. The van der Waals surface area contributed by atoms with Crippen LogP contribution < -0.4 is 10.6 Å². The first-order valence-electron chi connectivity index (χ1n) is 11.2. The van der Waals surface area contributed by atoms with E-state index in [1.54, 1.807) is 18.7 Å². The third-order valence-electron chi connectivity index (χ3n) is 6.19. The Labute approximate surface area is 183 Å². The standard InChI is InChI=1S/C24H33N3O4/c1-24(2,23(31)26-16-18(28)14-17-8-4-3-5-9-17)15-21(29)20-11-7-13-27(20)22(30)19-10-6-12-25-19/h3-5,8-9,19-20,25H,6-7,10-16H2,1-2H3,(H,26,31)/t19-,20?/m0/s1. The van der Waals surface area contributed by atoms with Gasteiger partial charge in [-0.05, 0) is 37.8 Å². The van der Waals surface area contributed by atoms with Gasteiger partial charge in [-0.1, -0.05) is 44.2 Å². The molecular formula is C24H33N3O4. The fourth-order valence-electron chi connectivity index (χ4n) is 4.40. The third-order valence-corrected chi connectivity index (χ3v) is 6.19. The zero-order valence-corrected chi connectivity index (χ0v) is 18.5. The minimum Gasteiger partial charge on any atom is -0.349 e. The number of amides is 2. The molecule has 2 heterocycles. The van der Waals surface area contributed by atoms with Gasteiger partial charge < -0.3 is 15.5 Å². The molecule has 3 rings (SSSR count). The van der Waals surface area contributed by atoms with E-state index in [1.165, 1.54) is 0 Å². The molecule has 1 aromatic carbocycles. The first-order valence-corrected chi connectivity index (χ1v) is 11.2. The van der Waals surface area contributed by atoms with E-state index in [1.807, 2.05) is 30.3 Å². The number of hydrogen-bond acceptors (Lipinski definition) is 5. The fraction of sp³-hybridized carbons (Fsp3) is 0.583. The molecule has 2 atom stereocenters. The van der Waals surface area contributed by atoms with Crippen LogP contribution in [0.1, 0.15) is 51.5 Å². The largest absolute Gasteiger partial charge is 0.349 e. The summed E-state index contributed by atoms with van der Waals surface area (Å²) in [5.74, 6) is -0.490. The van der Waals surface area contributed by atoms with Gasteiger partial charge in [0.05, 0.1) is 24.0 Å². The predicted octanol–water partition coefficient (Wildman–Crippen LogP) is 1.64. The molecule has 2 saturated heterocycles. The maximum absolute atomic E-state index is 13.0. The number of hydrogen-bond donors (Lipinski definition) is 2. The van der Waals surface area contributed by atoms with E-state index in [0.717, 1.165) is 31.4 Å². The van der Waals surface area contributed by atoms with Crippen molar-refractivity contribution in [1.82, 2.24) is 15.5 Å². The summed E-state index contributed by atoms with van der Waals surface area (Å²) in [4.78, 5) is 52.4. The Morgan fingerprint density at radius 3 is 2.52 bits per heavy atom. The first kappa shape index (κ1) is 23.1. The summed E-state index contributed by atoms with van der Waals surface area (Å²) in [7, 11) is 0. The summed E-state index contributed by atoms with van der Waals surface area (Å²) in [5.41, 5.74) is -0.0496. The lowest BCUT2D eigenvalue weighted by Crippen LogP contribution is -2.49. The molecule has 0 radical (unpaired) electrons. The van der Waals surface area contributed by atoms with Crippen LogP contribution in [0, 0.1) is 5.41 Å². The molecule has 2 amide bonds. The van der Waals surface area contributed by atoms with Crippen LogP contribution in [-0.2, 0) is 25.6 Å². The Morgan fingerprint density at radius 1 is 1.10 bits per heavy atom. The zero-order chi connectivity index (χ0) is 22.4. The van der Waals surface area contributed by atoms with E-state index in [2.05, 4.69) is 10.6 Å². The normalized spacial score (nSPS) is 21.2.